The minimum Gasteiger partial charge on any atom is -0.467 e. The highest BCUT2D eigenvalue weighted by Gasteiger charge is 2.42. The van der Waals surface area contributed by atoms with Gasteiger partial charge in [0.1, 0.15) is 5.76 Å². The van der Waals surface area contributed by atoms with Gasteiger partial charge in [0.25, 0.3) is 0 Å². The maximum absolute atomic E-state index is 13.1. The van der Waals surface area contributed by atoms with Gasteiger partial charge in [-0.05, 0) is 31.9 Å². The Morgan fingerprint density at radius 3 is 2.33 bits per heavy atom. The number of rotatable bonds is 9. The molecule has 1 amide bonds. The molecule has 0 aliphatic rings. The van der Waals surface area contributed by atoms with Gasteiger partial charge < -0.3 is 15.1 Å². The highest BCUT2D eigenvalue weighted by atomic mass is 32.1. The largest absolute Gasteiger partial charge is 0.467 e. The minimum absolute atomic E-state index is 0.0256. The van der Waals surface area contributed by atoms with Crippen LogP contribution >= 0.6 is 12.2 Å². The number of nitrogens with two attached hydrogens (primary N) is 1. The Hall–Kier alpha value is -1.36. The van der Waals surface area contributed by atoms with E-state index in [9.17, 15) is 4.79 Å². The topological polar surface area (TPSA) is 59.5 Å². The third-order valence-corrected chi connectivity index (χ3v) is 4.22. The summed E-state index contributed by atoms with van der Waals surface area (Å²) in [5.74, 6) is 0.799. The molecule has 0 saturated carbocycles. The van der Waals surface area contributed by atoms with Gasteiger partial charge >= 0.3 is 0 Å². The highest BCUT2D eigenvalue weighted by Crippen LogP contribution is 2.33. The molecule has 2 N–H and O–H groups in total. The average molecular weight is 310 g/mol. The van der Waals surface area contributed by atoms with E-state index in [-0.39, 0.29) is 5.91 Å². The lowest BCUT2D eigenvalue weighted by atomic mass is 9.77. The van der Waals surface area contributed by atoms with E-state index in [1.165, 1.54) is 0 Å². The summed E-state index contributed by atoms with van der Waals surface area (Å²) in [6, 6.07) is 3.70. The van der Waals surface area contributed by atoms with Crippen LogP contribution in [0, 0.1) is 5.41 Å². The lowest BCUT2D eigenvalue weighted by molar-refractivity contribution is -0.139. The van der Waals surface area contributed by atoms with Crippen molar-refractivity contribution in [3.63, 3.8) is 0 Å². The quantitative estimate of drug-likeness (QED) is 0.709. The van der Waals surface area contributed by atoms with Crippen LogP contribution in [-0.4, -0.2) is 22.3 Å². The van der Waals surface area contributed by atoms with Crippen molar-refractivity contribution in [2.75, 3.05) is 6.54 Å². The smallest absolute Gasteiger partial charge is 0.236 e. The molecule has 1 rings (SSSR count). The number of furan rings is 1. The Kier molecular flexibility index (Phi) is 6.89. The van der Waals surface area contributed by atoms with Crippen LogP contribution in [0.5, 0.6) is 0 Å². The van der Waals surface area contributed by atoms with Gasteiger partial charge in [-0.1, -0.05) is 38.9 Å². The van der Waals surface area contributed by atoms with Crippen LogP contribution in [-0.2, 0) is 11.3 Å². The predicted molar refractivity (Wildman–Crippen MR) is 88.8 cm³/mol. The molecule has 0 saturated heterocycles. The summed E-state index contributed by atoms with van der Waals surface area (Å²) in [7, 11) is 0. The van der Waals surface area contributed by atoms with Crippen LogP contribution < -0.4 is 5.73 Å². The van der Waals surface area contributed by atoms with Gasteiger partial charge in [-0.3, -0.25) is 4.79 Å². The summed E-state index contributed by atoms with van der Waals surface area (Å²) in [6.45, 7) is 7.14. The van der Waals surface area contributed by atoms with Crippen LogP contribution in [0.1, 0.15) is 52.2 Å². The number of nitrogens with zero attached hydrogens (tertiary/aromatic N) is 1. The van der Waals surface area contributed by atoms with Crippen LogP contribution in [0.4, 0.5) is 0 Å². The summed E-state index contributed by atoms with van der Waals surface area (Å²) < 4.78 is 5.35. The number of carbonyl (C=O) groups is 1. The van der Waals surface area contributed by atoms with Crippen molar-refractivity contribution < 1.29 is 9.21 Å². The van der Waals surface area contributed by atoms with E-state index in [0.29, 0.717) is 30.9 Å². The molecule has 0 aliphatic carbocycles. The van der Waals surface area contributed by atoms with Crippen molar-refractivity contribution in [2.24, 2.45) is 11.1 Å². The lowest BCUT2D eigenvalue weighted by Crippen LogP contribution is -2.50. The third kappa shape index (κ3) is 4.06. The van der Waals surface area contributed by atoms with E-state index in [1.54, 1.807) is 11.2 Å². The predicted octanol–water partition coefficient (Wildman–Crippen LogP) is 3.50. The fourth-order valence-electron chi connectivity index (χ4n) is 2.76. The van der Waals surface area contributed by atoms with Gasteiger partial charge in [0.15, 0.2) is 0 Å². The van der Waals surface area contributed by atoms with Gasteiger partial charge in [0, 0.05) is 6.54 Å². The molecule has 0 radical (unpaired) electrons. The zero-order valence-corrected chi connectivity index (χ0v) is 14.0. The molecule has 0 atom stereocenters. The Morgan fingerprint density at radius 1 is 1.33 bits per heavy atom. The zero-order valence-electron chi connectivity index (χ0n) is 13.2. The SMILES string of the molecule is CCCC(CCC)(C(=O)N(CC)Cc1ccco1)C(N)=S. The van der Waals surface area contributed by atoms with E-state index in [0.717, 1.165) is 18.6 Å². The van der Waals surface area contributed by atoms with Crippen LogP contribution in [0.3, 0.4) is 0 Å². The van der Waals surface area contributed by atoms with E-state index in [1.807, 2.05) is 19.1 Å². The van der Waals surface area contributed by atoms with Gasteiger partial charge in [0.05, 0.1) is 23.2 Å². The highest BCUT2D eigenvalue weighted by molar-refractivity contribution is 7.80. The molecular formula is C16H26N2O2S. The van der Waals surface area contributed by atoms with Gasteiger partial charge in [-0.2, -0.15) is 0 Å². The number of amides is 1. The van der Waals surface area contributed by atoms with Gasteiger partial charge in [0.2, 0.25) is 5.91 Å². The molecule has 0 aliphatic heterocycles. The molecule has 21 heavy (non-hydrogen) atoms. The normalized spacial score (nSPS) is 11.4. The Balaban J connectivity index is 3.03. The van der Waals surface area contributed by atoms with Crippen molar-refractivity contribution in [1.29, 1.82) is 0 Å². The molecule has 1 heterocycles. The molecule has 0 spiro atoms. The van der Waals surface area contributed by atoms with E-state index in [4.69, 9.17) is 22.4 Å². The Bertz CT molecular complexity index is 451. The van der Waals surface area contributed by atoms with Crippen molar-refractivity contribution in [2.45, 2.75) is 53.0 Å². The fraction of sp³-hybridized carbons (Fsp3) is 0.625. The van der Waals surface area contributed by atoms with Crippen molar-refractivity contribution >= 4 is 23.1 Å². The summed E-state index contributed by atoms with van der Waals surface area (Å²) in [4.78, 5) is 15.2. The average Bonchev–Trinajstić information content (AvgIpc) is 2.96. The van der Waals surface area contributed by atoms with Crippen LogP contribution in [0.2, 0.25) is 0 Å². The number of hydrogen-bond donors (Lipinski definition) is 1. The number of hydrogen-bond acceptors (Lipinski definition) is 3. The second kappa shape index (κ2) is 8.17. The maximum atomic E-state index is 13.1. The van der Waals surface area contributed by atoms with Gasteiger partial charge in [-0.25, -0.2) is 0 Å². The zero-order chi connectivity index (χ0) is 15.9. The van der Waals surface area contributed by atoms with Crippen molar-refractivity contribution in [3.8, 4) is 0 Å². The fourth-order valence-corrected chi connectivity index (χ4v) is 3.06. The van der Waals surface area contributed by atoms with Crippen molar-refractivity contribution in [1.82, 2.24) is 4.90 Å². The summed E-state index contributed by atoms with van der Waals surface area (Å²) >= 11 is 5.26. The molecular weight excluding hydrogens is 284 g/mol. The maximum Gasteiger partial charge on any atom is 0.236 e. The molecule has 4 nitrogen and oxygen atoms in total. The summed E-state index contributed by atoms with van der Waals surface area (Å²) in [5.41, 5.74) is 5.25. The molecule has 0 fully saturated rings. The van der Waals surface area contributed by atoms with Crippen LogP contribution in [0.25, 0.3) is 0 Å². The summed E-state index contributed by atoms with van der Waals surface area (Å²) in [5, 5.41) is 0. The number of thiocarbonyl (C=S) groups is 1. The second-order valence-corrected chi connectivity index (χ2v) is 5.78. The van der Waals surface area contributed by atoms with Gasteiger partial charge in [-0.15, -0.1) is 0 Å². The molecule has 0 aromatic carbocycles. The van der Waals surface area contributed by atoms with Crippen LogP contribution in [0.15, 0.2) is 22.8 Å². The first-order chi connectivity index (χ1) is 10.0. The first kappa shape index (κ1) is 17.7. The first-order valence-electron chi connectivity index (χ1n) is 7.63. The minimum atomic E-state index is -0.721. The number of carbonyl (C=O) groups excluding carboxylic acids is 1. The summed E-state index contributed by atoms with van der Waals surface area (Å²) in [6.07, 6.45) is 4.77. The Morgan fingerprint density at radius 2 is 1.95 bits per heavy atom. The monoisotopic (exact) mass is 310 g/mol. The van der Waals surface area contributed by atoms with E-state index >= 15 is 0 Å². The van der Waals surface area contributed by atoms with E-state index < -0.39 is 5.41 Å². The molecule has 1 aromatic rings. The second-order valence-electron chi connectivity index (χ2n) is 5.35. The molecule has 118 valence electrons. The molecule has 0 bridgehead atoms. The lowest BCUT2D eigenvalue weighted by Gasteiger charge is -2.36. The Labute approximate surface area is 132 Å². The molecule has 5 heteroatoms. The van der Waals surface area contributed by atoms with Crippen molar-refractivity contribution in [3.05, 3.63) is 24.2 Å². The molecule has 1 aromatic heterocycles. The first-order valence-corrected chi connectivity index (χ1v) is 8.04. The van der Waals surface area contributed by atoms with E-state index in [2.05, 4.69) is 13.8 Å². The standard InChI is InChI=1S/C16H26N2O2S/c1-4-9-16(10-5-2,14(17)21)15(19)18(6-3)12-13-8-7-11-20-13/h7-8,11H,4-6,9-10,12H2,1-3H3,(H2,17,21). The third-order valence-electron chi connectivity index (χ3n) is 3.83. The molecule has 0 unspecified atom stereocenters.